The van der Waals surface area contributed by atoms with Gasteiger partial charge in [0.1, 0.15) is 11.0 Å². The zero-order chi connectivity index (χ0) is 13.4. The van der Waals surface area contributed by atoms with Crippen molar-refractivity contribution in [3.63, 3.8) is 0 Å². The third-order valence-electron chi connectivity index (χ3n) is 3.10. The van der Waals surface area contributed by atoms with Gasteiger partial charge in [0.25, 0.3) is 0 Å². The number of para-hydroxylation sites is 2. The van der Waals surface area contributed by atoms with Crippen LogP contribution in [-0.4, -0.2) is 30.0 Å². The van der Waals surface area contributed by atoms with Gasteiger partial charge < -0.3 is 0 Å². The monoisotopic (exact) mass is 262 g/mol. The van der Waals surface area contributed by atoms with Gasteiger partial charge in [-0.15, -0.1) is 10.2 Å². The number of nitrogens with zero attached hydrogens (tertiary/aromatic N) is 6. The van der Waals surface area contributed by atoms with E-state index in [1.54, 1.807) is 9.36 Å². The minimum Gasteiger partial charge on any atom is -0.219 e. The maximum absolute atomic E-state index is 4.10. The predicted octanol–water partition coefficient (Wildman–Crippen LogP) is 2.26. The molecule has 4 rings (SSSR count). The molecule has 2 aromatic carbocycles. The van der Waals surface area contributed by atoms with Crippen molar-refractivity contribution in [3.8, 4) is 0 Å². The first-order valence-electron chi connectivity index (χ1n) is 6.20. The first kappa shape index (κ1) is 10.9. The van der Waals surface area contributed by atoms with Gasteiger partial charge in [-0.2, -0.15) is 0 Å². The fourth-order valence-electron chi connectivity index (χ4n) is 2.12. The van der Waals surface area contributed by atoms with E-state index < -0.39 is 0 Å². The maximum Gasteiger partial charge on any atom is 0.113 e. The Kier molecular flexibility index (Phi) is 2.32. The van der Waals surface area contributed by atoms with Crippen LogP contribution in [0.5, 0.6) is 0 Å². The van der Waals surface area contributed by atoms with Gasteiger partial charge in [-0.05, 0) is 24.3 Å². The van der Waals surface area contributed by atoms with Gasteiger partial charge in [0.05, 0.1) is 11.0 Å². The number of hydrogen-bond donors (Lipinski definition) is 0. The van der Waals surface area contributed by atoms with Gasteiger partial charge in [0.15, 0.2) is 0 Å². The summed E-state index contributed by atoms with van der Waals surface area (Å²) in [5.74, 6) is 0. The van der Waals surface area contributed by atoms with Crippen molar-refractivity contribution >= 4 is 34.5 Å². The first-order valence-corrected chi connectivity index (χ1v) is 6.20. The van der Waals surface area contributed by atoms with E-state index in [2.05, 4.69) is 20.6 Å². The van der Waals surface area contributed by atoms with Crippen LogP contribution in [0.3, 0.4) is 0 Å². The van der Waals surface area contributed by atoms with Gasteiger partial charge in [-0.3, -0.25) is 0 Å². The van der Waals surface area contributed by atoms with Crippen molar-refractivity contribution in [1.29, 1.82) is 0 Å². The molecule has 0 saturated heterocycles. The number of rotatable bonds is 2. The Morgan fingerprint density at radius 2 is 1.10 bits per heavy atom. The number of fused-ring (bicyclic) bond motifs is 2. The van der Waals surface area contributed by atoms with Crippen LogP contribution in [0.1, 0.15) is 0 Å². The lowest BCUT2D eigenvalue weighted by Gasteiger charge is -1.95. The van der Waals surface area contributed by atoms with Crippen molar-refractivity contribution in [2.24, 2.45) is 0 Å². The SMILES string of the molecule is C(=Cn1nnc2ccccc21)n1nnc2ccccc21. The Bertz CT molecular complexity index is 841. The summed E-state index contributed by atoms with van der Waals surface area (Å²) in [4.78, 5) is 0. The van der Waals surface area contributed by atoms with Crippen molar-refractivity contribution in [2.75, 3.05) is 0 Å². The number of aromatic nitrogens is 6. The molecule has 0 N–H and O–H groups in total. The molecule has 6 nitrogen and oxygen atoms in total. The quantitative estimate of drug-likeness (QED) is 0.556. The highest BCUT2D eigenvalue weighted by molar-refractivity contribution is 5.79. The minimum absolute atomic E-state index is 0.862. The number of benzene rings is 2. The van der Waals surface area contributed by atoms with E-state index in [-0.39, 0.29) is 0 Å². The standard InChI is InChI=1S/C14H10N6/c1-3-7-13-11(5-1)15-17-19(13)9-10-20-14-8-4-2-6-12(14)16-18-20/h1-10H. The smallest absolute Gasteiger partial charge is 0.113 e. The molecular formula is C14H10N6. The Labute approximate surface area is 113 Å². The van der Waals surface area contributed by atoms with Gasteiger partial charge in [0, 0.05) is 12.4 Å². The summed E-state index contributed by atoms with van der Waals surface area (Å²) < 4.78 is 3.43. The van der Waals surface area contributed by atoms with Crippen LogP contribution in [0.2, 0.25) is 0 Å². The van der Waals surface area contributed by atoms with E-state index in [9.17, 15) is 0 Å². The van der Waals surface area contributed by atoms with Crippen LogP contribution in [0, 0.1) is 0 Å². The van der Waals surface area contributed by atoms with Gasteiger partial charge in [-0.25, -0.2) is 9.36 Å². The van der Waals surface area contributed by atoms with Crippen molar-refractivity contribution < 1.29 is 0 Å². The van der Waals surface area contributed by atoms with E-state index in [1.165, 1.54) is 0 Å². The second-order valence-corrected chi connectivity index (χ2v) is 4.34. The normalized spacial score (nSPS) is 11.8. The van der Waals surface area contributed by atoms with Crippen LogP contribution in [-0.2, 0) is 0 Å². The fraction of sp³-hybridized carbons (Fsp3) is 0. The largest absolute Gasteiger partial charge is 0.219 e. The van der Waals surface area contributed by atoms with Gasteiger partial charge in [0.2, 0.25) is 0 Å². The minimum atomic E-state index is 0.862. The molecule has 0 aliphatic carbocycles. The summed E-state index contributed by atoms with van der Waals surface area (Å²) >= 11 is 0. The van der Waals surface area contributed by atoms with E-state index in [1.807, 2.05) is 60.9 Å². The second kappa shape index (κ2) is 4.27. The second-order valence-electron chi connectivity index (χ2n) is 4.34. The summed E-state index contributed by atoms with van der Waals surface area (Å²) in [5.41, 5.74) is 3.63. The van der Waals surface area contributed by atoms with Crippen LogP contribution >= 0.6 is 0 Å². The first-order chi connectivity index (χ1) is 9.92. The molecule has 0 saturated carbocycles. The third kappa shape index (κ3) is 1.66. The van der Waals surface area contributed by atoms with E-state index in [0.29, 0.717) is 0 Å². The molecule has 0 fully saturated rings. The van der Waals surface area contributed by atoms with Crippen LogP contribution < -0.4 is 0 Å². The van der Waals surface area contributed by atoms with Gasteiger partial charge in [-0.1, -0.05) is 34.7 Å². The highest BCUT2D eigenvalue weighted by atomic mass is 15.4. The molecule has 2 heterocycles. The lowest BCUT2D eigenvalue weighted by molar-refractivity contribution is 0.841. The molecule has 0 unspecified atom stereocenters. The molecule has 2 aromatic heterocycles. The molecule has 6 heteroatoms. The molecule has 0 amide bonds. The topological polar surface area (TPSA) is 61.4 Å². The molecule has 0 aliphatic heterocycles. The van der Waals surface area contributed by atoms with Crippen LogP contribution in [0.15, 0.2) is 48.5 Å². The van der Waals surface area contributed by atoms with Crippen LogP contribution in [0.25, 0.3) is 34.5 Å². The Hall–Kier alpha value is -3.02. The Morgan fingerprint density at radius 3 is 1.60 bits per heavy atom. The lowest BCUT2D eigenvalue weighted by Crippen LogP contribution is -1.93. The molecule has 0 atom stereocenters. The zero-order valence-corrected chi connectivity index (χ0v) is 10.5. The lowest BCUT2D eigenvalue weighted by atomic mass is 10.3. The van der Waals surface area contributed by atoms with Crippen LogP contribution in [0.4, 0.5) is 0 Å². The van der Waals surface area contributed by atoms with Gasteiger partial charge >= 0.3 is 0 Å². The van der Waals surface area contributed by atoms with Crippen molar-refractivity contribution in [1.82, 2.24) is 30.0 Å². The van der Waals surface area contributed by atoms with E-state index in [4.69, 9.17) is 0 Å². The Balaban J connectivity index is 1.78. The summed E-state index contributed by atoms with van der Waals surface area (Å²) in [6.45, 7) is 0. The third-order valence-corrected chi connectivity index (χ3v) is 3.10. The van der Waals surface area contributed by atoms with Crippen molar-refractivity contribution in [2.45, 2.75) is 0 Å². The molecule has 20 heavy (non-hydrogen) atoms. The summed E-state index contributed by atoms with van der Waals surface area (Å²) in [6, 6.07) is 15.6. The molecule has 0 aliphatic rings. The zero-order valence-electron chi connectivity index (χ0n) is 10.5. The molecule has 4 aromatic rings. The van der Waals surface area contributed by atoms with Crippen molar-refractivity contribution in [3.05, 3.63) is 48.5 Å². The average Bonchev–Trinajstić information content (AvgIpc) is 3.09. The fourth-order valence-corrected chi connectivity index (χ4v) is 2.12. The highest BCUT2D eigenvalue weighted by Gasteiger charge is 2.02. The molecule has 0 bridgehead atoms. The highest BCUT2D eigenvalue weighted by Crippen LogP contribution is 2.12. The average molecular weight is 262 g/mol. The number of hydrogen-bond acceptors (Lipinski definition) is 4. The molecule has 0 spiro atoms. The molecular weight excluding hydrogens is 252 g/mol. The summed E-state index contributed by atoms with van der Waals surface area (Å²) in [5, 5.41) is 16.4. The molecule has 0 radical (unpaired) electrons. The Morgan fingerprint density at radius 1 is 0.650 bits per heavy atom. The van der Waals surface area contributed by atoms with E-state index >= 15 is 0 Å². The summed E-state index contributed by atoms with van der Waals surface area (Å²) in [6.07, 6.45) is 3.63. The maximum atomic E-state index is 4.10. The summed E-state index contributed by atoms with van der Waals surface area (Å²) in [7, 11) is 0. The molecule has 96 valence electrons. The van der Waals surface area contributed by atoms with E-state index in [0.717, 1.165) is 22.1 Å². The predicted molar refractivity (Wildman–Crippen MR) is 76.6 cm³/mol.